The van der Waals surface area contributed by atoms with E-state index in [0.29, 0.717) is 17.5 Å². The Hall–Kier alpha value is -7.76. The first-order valence-electron chi connectivity index (χ1n) is 19.1. The van der Waals surface area contributed by atoms with Crippen molar-refractivity contribution < 1.29 is 0 Å². The molecule has 0 N–H and O–H groups in total. The zero-order valence-corrected chi connectivity index (χ0v) is 30.8. The van der Waals surface area contributed by atoms with Crippen molar-refractivity contribution in [3.8, 4) is 62.1 Å². The van der Waals surface area contributed by atoms with Gasteiger partial charge in [0, 0.05) is 51.1 Å². The highest BCUT2D eigenvalue weighted by molar-refractivity contribution is 6.12. The number of nitrogens with zero attached hydrogens (tertiary/aromatic N) is 5. The Morgan fingerprint density at radius 2 is 0.860 bits per heavy atom. The van der Waals surface area contributed by atoms with Crippen molar-refractivity contribution in [2.24, 2.45) is 0 Å². The molecular weight excluding hydrogens is 695 g/mol. The van der Waals surface area contributed by atoms with Gasteiger partial charge in [0.05, 0.1) is 11.0 Å². The van der Waals surface area contributed by atoms with Crippen LogP contribution in [0.1, 0.15) is 0 Å². The van der Waals surface area contributed by atoms with Gasteiger partial charge in [-0.1, -0.05) is 133 Å². The summed E-state index contributed by atoms with van der Waals surface area (Å²) in [5.41, 5.74) is 10.8. The predicted octanol–water partition coefficient (Wildman–Crippen LogP) is 13.0. The maximum Gasteiger partial charge on any atom is 0.164 e. The summed E-state index contributed by atoms with van der Waals surface area (Å²) in [5, 5.41) is 7.21. The van der Waals surface area contributed by atoms with E-state index in [4.69, 9.17) is 15.0 Å². The topological polar surface area (TPSA) is 56.5 Å². The van der Waals surface area contributed by atoms with Crippen LogP contribution in [0, 0.1) is 0 Å². The molecule has 0 bridgehead atoms. The van der Waals surface area contributed by atoms with E-state index in [1.807, 2.05) is 48.7 Å². The summed E-state index contributed by atoms with van der Waals surface area (Å²) in [6.45, 7) is 0. The minimum atomic E-state index is 0.624. The molecule has 0 unspecified atom stereocenters. The first kappa shape index (κ1) is 32.7. The quantitative estimate of drug-likeness (QED) is 0.160. The van der Waals surface area contributed by atoms with Crippen molar-refractivity contribution in [1.82, 2.24) is 24.5 Å². The normalized spacial score (nSPS) is 11.5. The molecule has 11 rings (SSSR count). The largest absolute Gasteiger partial charge is 0.309 e. The van der Waals surface area contributed by atoms with Crippen LogP contribution in [0.4, 0.5) is 0 Å². The molecule has 0 aliphatic heterocycles. The van der Waals surface area contributed by atoms with Gasteiger partial charge in [-0.05, 0) is 92.8 Å². The fourth-order valence-corrected chi connectivity index (χ4v) is 8.12. The average Bonchev–Trinajstić information content (AvgIpc) is 3.63. The lowest BCUT2D eigenvalue weighted by Crippen LogP contribution is -2.00. The maximum atomic E-state index is 5.07. The van der Waals surface area contributed by atoms with Gasteiger partial charge in [-0.15, -0.1) is 0 Å². The van der Waals surface area contributed by atoms with E-state index in [0.717, 1.165) is 38.9 Å². The summed E-state index contributed by atoms with van der Waals surface area (Å²) in [4.78, 5) is 19.4. The van der Waals surface area contributed by atoms with Crippen LogP contribution in [-0.4, -0.2) is 24.5 Å². The van der Waals surface area contributed by atoms with Crippen LogP contribution in [0.3, 0.4) is 0 Å². The first-order chi connectivity index (χ1) is 28.2. The summed E-state index contributed by atoms with van der Waals surface area (Å²) in [5.74, 6) is 1.89. The summed E-state index contributed by atoms with van der Waals surface area (Å²) >= 11 is 0. The lowest BCUT2D eigenvalue weighted by molar-refractivity contribution is 1.07. The lowest BCUT2D eigenvalue weighted by atomic mass is 9.96. The van der Waals surface area contributed by atoms with Gasteiger partial charge in [-0.3, -0.25) is 4.98 Å². The Bertz CT molecular complexity index is 3280. The summed E-state index contributed by atoms with van der Waals surface area (Å²) in [6, 6.07) is 66.3. The molecule has 5 heteroatoms. The smallest absolute Gasteiger partial charge is 0.164 e. The average molecular weight is 728 g/mol. The number of benzene rings is 8. The highest BCUT2D eigenvalue weighted by atomic mass is 15.0. The van der Waals surface area contributed by atoms with Gasteiger partial charge in [0.25, 0.3) is 0 Å². The minimum absolute atomic E-state index is 0.624. The number of pyridine rings is 1. The summed E-state index contributed by atoms with van der Waals surface area (Å²) in [7, 11) is 0. The van der Waals surface area contributed by atoms with Crippen molar-refractivity contribution in [2.75, 3.05) is 0 Å². The number of aromatic nitrogens is 5. The van der Waals surface area contributed by atoms with Gasteiger partial charge in [0.15, 0.2) is 17.5 Å². The van der Waals surface area contributed by atoms with E-state index >= 15 is 0 Å². The Labute approximate surface area is 329 Å². The van der Waals surface area contributed by atoms with Gasteiger partial charge in [0.2, 0.25) is 0 Å². The molecule has 0 saturated heterocycles. The second kappa shape index (κ2) is 13.5. The van der Waals surface area contributed by atoms with Crippen molar-refractivity contribution in [3.63, 3.8) is 0 Å². The molecular formula is C52H33N5. The van der Waals surface area contributed by atoms with Crippen LogP contribution in [0.2, 0.25) is 0 Å². The van der Waals surface area contributed by atoms with Crippen LogP contribution >= 0.6 is 0 Å². The standard InChI is InChI=1S/C52H33N5/c1-3-11-34(12-4-1)50-54-51(40-14-9-13-35(30-40)42-15-10-28-53-33-42)56-52(55-50)41-23-26-45-39(31-41)21-20-38-29-36(22-25-44(38)45)37-24-27-49-47(32-37)46-18-7-8-19-48(46)57(49)43-16-5-2-6-17-43/h1-33H. The number of fused-ring (bicyclic) bond motifs is 6. The maximum absolute atomic E-state index is 5.07. The Kier molecular flexibility index (Phi) is 7.74. The number of rotatable bonds is 6. The van der Waals surface area contributed by atoms with Crippen molar-refractivity contribution in [1.29, 1.82) is 0 Å². The SMILES string of the molecule is c1ccc(-c2nc(-c3cccc(-c4cccnc4)c3)nc(-c3ccc4c(ccc5cc(-c6ccc7c(c6)c6ccccc6n7-c6ccccc6)ccc54)c3)n2)cc1. The third-order valence-electron chi connectivity index (χ3n) is 10.9. The molecule has 11 aromatic rings. The van der Waals surface area contributed by atoms with Crippen LogP contribution < -0.4 is 0 Å². The number of para-hydroxylation sites is 2. The predicted molar refractivity (Wildman–Crippen MR) is 234 cm³/mol. The highest BCUT2D eigenvalue weighted by Gasteiger charge is 2.16. The third kappa shape index (κ3) is 5.81. The Morgan fingerprint density at radius 1 is 0.316 bits per heavy atom. The lowest BCUT2D eigenvalue weighted by Gasteiger charge is -2.11. The number of hydrogen-bond acceptors (Lipinski definition) is 4. The van der Waals surface area contributed by atoms with Gasteiger partial charge in [-0.2, -0.15) is 0 Å². The molecule has 8 aromatic carbocycles. The summed E-state index contributed by atoms with van der Waals surface area (Å²) in [6.07, 6.45) is 3.66. The second-order valence-corrected chi connectivity index (χ2v) is 14.4. The molecule has 0 atom stereocenters. The van der Waals surface area contributed by atoms with E-state index < -0.39 is 0 Å². The van der Waals surface area contributed by atoms with Gasteiger partial charge in [0.1, 0.15) is 0 Å². The van der Waals surface area contributed by atoms with Gasteiger partial charge in [-0.25, -0.2) is 15.0 Å². The molecule has 0 spiro atoms. The molecule has 5 nitrogen and oxygen atoms in total. The van der Waals surface area contributed by atoms with E-state index in [1.54, 1.807) is 6.20 Å². The first-order valence-corrected chi connectivity index (χ1v) is 19.1. The van der Waals surface area contributed by atoms with Crippen LogP contribution in [0.25, 0.3) is 105 Å². The molecule has 0 radical (unpaired) electrons. The van der Waals surface area contributed by atoms with Crippen molar-refractivity contribution in [2.45, 2.75) is 0 Å². The fourth-order valence-electron chi connectivity index (χ4n) is 8.12. The molecule has 0 amide bonds. The van der Waals surface area contributed by atoms with Crippen LogP contribution in [0.5, 0.6) is 0 Å². The van der Waals surface area contributed by atoms with Crippen LogP contribution in [-0.2, 0) is 0 Å². The van der Waals surface area contributed by atoms with E-state index in [1.165, 1.54) is 49.1 Å². The number of hydrogen-bond donors (Lipinski definition) is 0. The second-order valence-electron chi connectivity index (χ2n) is 14.4. The zero-order chi connectivity index (χ0) is 37.7. The zero-order valence-electron chi connectivity index (χ0n) is 30.8. The molecule has 0 aliphatic rings. The molecule has 266 valence electrons. The molecule has 0 aliphatic carbocycles. The summed E-state index contributed by atoms with van der Waals surface area (Å²) < 4.78 is 2.36. The van der Waals surface area contributed by atoms with Gasteiger partial charge < -0.3 is 4.57 Å². The van der Waals surface area contributed by atoms with Crippen molar-refractivity contribution in [3.05, 3.63) is 200 Å². The molecule has 0 saturated carbocycles. The third-order valence-corrected chi connectivity index (χ3v) is 10.9. The minimum Gasteiger partial charge on any atom is -0.309 e. The Balaban J connectivity index is 0.983. The van der Waals surface area contributed by atoms with E-state index in [-0.39, 0.29) is 0 Å². The fraction of sp³-hybridized carbons (Fsp3) is 0. The Morgan fingerprint density at radius 3 is 1.61 bits per heavy atom. The van der Waals surface area contributed by atoms with Crippen LogP contribution in [0.15, 0.2) is 200 Å². The molecule has 3 aromatic heterocycles. The molecule has 57 heavy (non-hydrogen) atoms. The van der Waals surface area contributed by atoms with Crippen molar-refractivity contribution >= 4 is 43.4 Å². The van der Waals surface area contributed by atoms with E-state index in [9.17, 15) is 0 Å². The molecule has 0 fully saturated rings. The molecule has 3 heterocycles. The van der Waals surface area contributed by atoms with Gasteiger partial charge >= 0.3 is 0 Å². The highest BCUT2D eigenvalue weighted by Crippen LogP contribution is 2.37. The monoisotopic (exact) mass is 727 g/mol. The van der Waals surface area contributed by atoms with E-state index in [2.05, 4.69) is 155 Å².